The Morgan fingerprint density at radius 1 is 1.12 bits per heavy atom. The maximum absolute atomic E-state index is 14.1. The smallest absolute Gasteiger partial charge is 0.246 e. The number of halogens is 1. The highest BCUT2D eigenvalue weighted by Gasteiger charge is 2.21. The van der Waals surface area contributed by atoms with Gasteiger partial charge in [-0.25, -0.2) is 12.8 Å². The summed E-state index contributed by atoms with van der Waals surface area (Å²) in [4.78, 5) is 18.2. The van der Waals surface area contributed by atoms with Crippen LogP contribution in [-0.2, 0) is 21.4 Å². The number of hydrogen-bond acceptors (Lipinski definition) is 6. The van der Waals surface area contributed by atoms with Crippen molar-refractivity contribution < 1.29 is 22.1 Å². The van der Waals surface area contributed by atoms with Crippen LogP contribution in [0.25, 0.3) is 11.4 Å². The zero-order chi connectivity index (χ0) is 23.3. The predicted molar refractivity (Wildman–Crippen MR) is 119 cm³/mol. The van der Waals surface area contributed by atoms with Crippen LogP contribution in [-0.4, -0.2) is 49.2 Å². The molecular weight excluding hydrogens is 435 g/mol. The summed E-state index contributed by atoms with van der Waals surface area (Å²) >= 11 is 0. The van der Waals surface area contributed by atoms with E-state index in [1.54, 1.807) is 13.1 Å². The Balaban J connectivity index is 1.56. The number of aromatic nitrogens is 2. The standard InChI is InChI=1S/C22H25FN4O4S/c1-16-10-12-17(13-11-16)22-24-20(31-25-22)15-26(2)21(28)9-6-14-27(32(3,29)30)19-8-5-4-7-18(19)23/h4-5,7-8,10-13H,6,9,14-15H2,1-3H3. The molecule has 0 fully saturated rings. The molecule has 1 amide bonds. The number of carbonyl (C=O) groups is 1. The zero-order valence-corrected chi connectivity index (χ0v) is 19.0. The number of anilines is 1. The van der Waals surface area contributed by atoms with Crippen molar-refractivity contribution in [1.82, 2.24) is 15.0 Å². The molecule has 0 radical (unpaired) electrons. The summed E-state index contributed by atoms with van der Waals surface area (Å²) in [6.07, 6.45) is 1.31. The van der Waals surface area contributed by atoms with Gasteiger partial charge in [-0.05, 0) is 25.5 Å². The van der Waals surface area contributed by atoms with Gasteiger partial charge in [-0.1, -0.05) is 47.1 Å². The van der Waals surface area contributed by atoms with Gasteiger partial charge in [0.05, 0.1) is 18.5 Å². The normalized spacial score (nSPS) is 11.4. The van der Waals surface area contributed by atoms with Gasteiger partial charge in [0.2, 0.25) is 27.6 Å². The number of carbonyl (C=O) groups excluding carboxylic acids is 1. The third-order valence-electron chi connectivity index (χ3n) is 4.85. The van der Waals surface area contributed by atoms with Crippen LogP contribution in [0, 0.1) is 12.7 Å². The van der Waals surface area contributed by atoms with Gasteiger partial charge >= 0.3 is 0 Å². The van der Waals surface area contributed by atoms with Gasteiger partial charge in [-0.2, -0.15) is 4.98 Å². The second-order valence-corrected chi connectivity index (χ2v) is 9.42. The topological polar surface area (TPSA) is 96.6 Å². The van der Waals surface area contributed by atoms with E-state index >= 15 is 0 Å². The fourth-order valence-electron chi connectivity index (χ4n) is 3.11. The Bertz CT molecular complexity index is 1180. The van der Waals surface area contributed by atoms with Crippen molar-refractivity contribution in [2.45, 2.75) is 26.3 Å². The summed E-state index contributed by atoms with van der Waals surface area (Å²) in [5, 5.41) is 3.95. The summed E-state index contributed by atoms with van der Waals surface area (Å²) < 4.78 is 44.5. The van der Waals surface area contributed by atoms with Crippen LogP contribution in [0.4, 0.5) is 10.1 Å². The molecule has 0 saturated heterocycles. The number of hydrogen-bond donors (Lipinski definition) is 0. The van der Waals surface area contributed by atoms with E-state index in [1.165, 1.54) is 23.1 Å². The average molecular weight is 461 g/mol. The molecule has 0 spiro atoms. The first-order chi connectivity index (χ1) is 15.1. The largest absolute Gasteiger partial charge is 0.337 e. The first-order valence-electron chi connectivity index (χ1n) is 10.0. The molecule has 1 heterocycles. The van der Waals surface area contributed by atoms with Crippen molar-refractivity contribution in [1.29, 1.82) is 0 Å². The highest BCUT2D eigenvalue weighted by molar-refractivity contribution is 7.92. The number of rotatable bonds is 9. The van der Waals surface area contributed by atoms with Crippen molar-refractivity contribution in [3.63, 3.8) is 0 Å². The number of nitrogens with zero attached hydrogens (tertiary/aromatic N) is 4. The molecule has 32 heavy (non-hydrogen) atoms. The molecule has 0 aliphatic rings. The molecule has 10 heteroatoms. The van der Waals surface area contributed by atoms with Crippen molar-refractivity contribution in [3.8, 4) is 11.4 Å². The third-order valence-corrected chi connectivity index (χ3v) is 6.03. The molecule has 3 rings (SSSR count). The Labute approximate surface area is 186 Å². The highest BCUT2D eigenvalue weighted by Crippen LogP contribution is 2.22. The number of para-hydroxylation sites is 1. The van der Waals surface area contributed by atoms with Gasteiger partial charge in [-0.3, -0.25) is 9.10 Å². The second-order valence-electron chi connectivity index (χ2n) is 7.52. The third kappa shape index (κ3) is 5.91. The van der Waals surface area contributed by atoms with E-state index in [1.807, 2.05) is 31.2 Å². The van der Waals surface area contributed by atoms with Gasteiger partial charge < -0.3 is 9.42 Å². The summed E-state index contributed by atoms with van der Waals surface area (Å²) in [6.45, 7) is 2.09. The average Bonchev–Trinajstić information content (AvgIpc) is 3.20. The fraction of sp³-hybridized carbons (Fsp3) is 0.318. The van der Waals surface area contributed by atoms with E-state index in [0.29, 0.717) is 11.7 Å². The van der Waals surface area contributed by atoms with E-state index in [9.17, 15) is 17.6 Å². The van der Waals surface area contributed by atoms with Crippen LogP contribution < -0.4 is 4.31 Å². The van der Waals surface area contributed by atoms with E-state index in [4.69, 9.17) is 4.52 Å². The minimum absolute atomic E-state index is 0.0164. The monoisotopic (exact) mass is 460 g/mol. The molecule has 0 aliphatic carbocycles. The first-order valence-corrected chi connectivity index (χ1v) is 11.9. The minimum Gasteiger partial charge on any atom is -0.337 e. The number of amides is 1. The van der Waals surface area contributed by atoms with Crippen LogP contribution in [0.1, 0.15) is 24.3 Å². The molecule has 0 aliphatic heterocycles. The van der Waals surface area contributed by atoms with Crippen LogP contribution in [0.15, 0.2) is 53.1 Å². The molecule has 8 nitrogen and oxygen atoms in total. The second kappa shape index (κ2) is 9.90. The lowest BCUT2D eigenvalue weighted by molar-refractivity contribution is -0.130. The Kier molecular flexibility index (Phi) is 7.24. The Morgan fingerprint density at radius 2 is 1.81 bits per heavy atom. The van der Waals surface area contributed by atoms with Crippen molar-refractivity contribution >= 4 is 21.6 Å². The van der Waals surface area contributed by atoms with E-state index in [2.05, 4.69) is 10.1 Å². The SMILES string of the molecule is Cc1ccc(-c2noc(CN(C)C(=O)CCCN(c3ccccc3F)S(C)(=O)=O)n2)cc1. The Hall–Kier alpha value is -3.27. The maximum atomic E-state index is 14.1. The van der Waals surface area contributed by atoms with E-state index < -0.39 is 15.8 Å². The lowest BCUT2D eigenvalue weighted by atomic mass is 10.1. The molecule has 1 aromatic heterocycles. The van der Waals surface area contributed by atoms with Crippen molar-refractivity contribution in [3.05, 3.63) is 65.8 Å². The Morgan fingerprint density at radius 3 is 2.47 bits per heavy atom. The molecule has 170 valence electrons. The molecule has 0 saturated carbocycles. The number of benzene rings is 2. The molecule has 0 unspecified atom stereocenters. The van der Waals surface area contributed by atoms with E-state index in [-0.39, 0.29) is 37.5 Å². The predicted octanol–water partition coefficient (Wildman–Crippen LogP) is 3.39. The molecule has 0 N–H and O–H groups in total. The van der Waals surface area contributed by atoms with Crippen molar-refractivity contribution in [2.75, 3.05) is 24.2 Å². The lowest BCUT2D eigenvalue weighted by Gasteiger charge is -2.23. The molecule has 0 atom stereocenters. The molecule has 3 aromatic rings. The van der Waals surface area contributed by atoms with Gasteiger partial charge in [0.1, 0.15) is 5.82 Å². The summed E-state index contributed by atoms with van der Waals surface area (Å²) in [5.41, 5.74) is 1.89. The van der Waals surface area contributed by atoms with Gasteiger partial charge in [0, 0.05) is 25.6 Å². The quantitative estimate of drug-likeness (QED) is 0.486. The summed E-state index contributed by atoms with van der Waals surface area (Å²) in [5.74, 6) is -0.126. The van der Waals surface area contributed by atoms with Crippen LogP contribution in [0.5, 0.6) is 0 Å². The highest BCUT2D eigenvalue weighted by atomic mass is 32.2. The molecular formula is C22H25FN4O4S. The van der Waals surface area contributed by atoms with Crippen LogP contribution in [0.3, 0.4) is 0 Å². The fourth-order valence-corrected chi connectivity index (χ4v) is 4.08. The minimum atomic E-state index is -3.70. The summed E-state index contributed by atoms with van der Waals surface area (Å²) in [7, 11) is -2.10. The van der Waals surface area contributed by atoms with Gasteiger partial charge in [0.15, 0.2) is 0 Å². The summed E-state index contributed by atoms with van der Waals surface area (Å²) in [6, 6.07) is 13.3. The molecule has 2 aromatic carbocycles. The first kappa shape index (κ1) is 23.4. The van der Waals surface area contributed by atoms with Gasteiger partial charge in [0.25, 0.3) is 0 Å². The van der Waals surface area contributed by atoms with Crippen LogP contribution in [0.2, 0.25) is 0 Å². The van der Waals surface area contributed by atoms with Gasteiger partial charge in [-0.15, -0.1) is 0 Å². The molecule has 0 bridgehead atoms. The van der Waals surface area contributed by atoms with E-state index in [0.717, 1.165) is 21.7 Å². The lowest BCUT2D eigenvalue weighted by Crippen LogP contribution is -2.33. The zero-order valence-electron chi connectivity index (χ0n) is 18.2. The van der Waals surface area contributed by atoms with Crippen molar-refractivity contribution in [2.24, 2.45) is 0 Å². The number of aryl methyl sites for hydroxylation is 1. The number of sulfonamides is 1. The van der Waals surface area contributed by atoms with Crippen LogP contribution >= 0.6 is 0 Å². The maximum Gasteiger partial charge on any atom is 0.246 e.